The van der Waals surface area contributed by atoms with Gasteiger partial charge >= 0.3 is 0 Å². The van der Waals surface area contributed by atoms with Gasteiger partial charge in [-0.2, -0.15) is 0 Å². The largest absolute Gasteiger partial charge is 0.493 e. The van der Waals surface area contributed by atoms with Crippen molar-refractivity contribution in [3.05, 3.63) is 41.9 Å². The lowest BCUT2D eigenvalue weighted by Crippen LogP contribution is -2.36. The molecule has 140 valence electrons. The Morgan fingerprint density at radius 2 is 1.85 bits per heavy atom. The quantitative estimate of drug-likeness (QED) is 0.721. The van der Waals surface area contributed by atoms with E-state index >= 15 is 0 Å². The molecular formula is C20H25NO5. The molecule has 1 atom stereocenters. The fourth-order valence-electron chi connectivity index (χ4n) is 3.26. The van der Waals surface area contributed by atoms with Crippen LogP contribution in [0.4, 0.5) is 0 Å². The molecule has 0 aliphatic heterocycles. The Bertz CT molecular complexity index is 727. The maximum Gasteiger partial charge on any atom is 0.227 e. The third-order valence-electron chi connectivity index (χ3n) is 4.68. The van der Waals surface area contributed by atoms with Crippen LogP contribution in [0.15, 0.2) is 34.9 Å². The molecule has 26 heavy (non-hydrogen) atoms. The molecule has 0 N–H and O–H groups in total. The van der Waals surface area contributed by atoms with Gasteiger partial charge in [0.25, 0.3) is 0 Å². The molecule has 1 aliphatic rings. The van der Waals surface area contributed by atoms with Crippen LogP contribution in [0.5, 0.6) is 17.2 Å². The van der Waals surface area contributed by atoms with Crippen LogP contribution in [0.2, 0.25) is 0 Å². The number of rotatable bonds is 8. The van der Waals surface area contributed by atoms with Gasteiger partial charge in [-0.15, -0.1) is 0 Å². The lowest BCUT2D eigenvalue weighted by molar-refractivity contribution is -0.133. The maximum absolute atomic E-state index is 13.1. The van der Waals surface area contributed by atoms with Crippen molar-refractivity contribution in [2.24, 2.45) is 0 Å². The fraction of sp³-hybridized carbons (Fsp3) is 0.450. The molecule has 1 aromatic carbocycles. The molecular weight excluding hydrogens is 334 g/mol. The van der Waals surface area contributed by atoms with E-state index in [2.05, 4.69) is 0 Å². The van der Waals surface area contributed by atoms with Crippen LogP contribution in [-0.4, -0.2) is 38.2 Å². The zero-order valence-corrected chi connectivity index (χ0v) is 15.7. The summed E-state index contributed by atoms with van der Waals surface area (Å²) < 4.78 is 21.6. The van der Waals surface area contributed by atoms with Gasteiger partial charge in [0.1, 0.15) is 5.76 Å². The lowest BCUT2D eigenvalue weighted by Gasteiger charge is -2.28. The third kappa shape index (κ3) is 3.64. The van der Waals surface area contributed by atoms with Gasteiger partial charge in [0, 0.05) is 6.04 Å². The Morgan fingerprint density at radius 3 is 2.31 bits per heavy atom. The topological polar surface area (TPSA) is 61.1 Å². The zero-order valence-electron chi connectivity index (χ0n) is 15.7. The number of carbonyl (C=O) groups excluding carboxylic acids is 1. The van der Waals surface area contributed by atoms with Crippen LogP contribution in [-0.2, 0) is 11.2 Å². The summed E-state index contributed by atoms with van der Waals surface area (Å²) in [6.07, 6.45) is 3.97. The van der Waals surface area contributed by atoms with Crippen molar-refractivity contribution in [1.29, 1.82) is 0 Å². The van der Waals surface area contributed by atoms with Crippen molar-refractivity contribution >= 4 is 5.91 Å². The van der Waals surface area contributed by atoms with Crippen molar-refractivity contribution in [2.45, 2.75) is 38.3 Å². The Balaban J connectivity index is 1.83. The number of carbonyl (C=O) groups is 1. The second kappa shape index (κ2) is 7.72. The van der Waals surface area contributed by atoms with E-state index in [9.17, 15) is 4.79 Å². The van der Waals surface area contributed by atoms with Crippen molar-refractivity contribution in [1.82, 2.24) is 4.90 Å². The molecule has 0 saturated heterocycles. The number of amides is 1. The number of benzene rings is 1. The van der Waals surface area contributed by atoms with E-state index in [1.54, 1.807) is 27.6 Å². The van der Waals surface area contributed by atoms with E-state index in [0.717, 1.165) is 24.2 Å². The molecule has 3 rings (SSSR count). The first-order chi connectivity index (χ1) is 12.6. The zero-order chi connectivity index (χ0) is 18.7. The van der Waals surface area contributed by atoms with Crippen LogP contribution in [0, 0.1) is 0 Å². The van der Waals surface area contributed by atoms with Gasteiger partial charge in [0.2, 0.25) is 11.7 Å². The lowest BCUT2D eigenvalue weighted by atomic mass is 10.1. The number of hydrogen-bond acceptors (Lipinski definition) is 5. The minimum absolute atomic E-state index is 0.0608. The van der Waals surface area contributed by atoms with Gasteiger partial charge in [-0.25, -0.2) is 0 Å². The first-order valence-corrected chi connectivity index (χ1v) is 8.72. The van der Waals surface area contributed by atoms with Gasteiger partial charge in [0.05, 0.1) is 40.1 Å². The average molecular weight is 359 g/mol. The predicted octanol–water partition coefficient (Wildman–Crippen LogP) is 3.60. The second-order valence-electron chi connectivity index (χ2n) is 6.43. The van der Waals surface area contributed by atoms with Crippen LogP contribution in [0.1, 0.15) is 37.1 Å². The molecule has 1 fully saturated rings. The number of furan rings is 1. The standard InChI is InChI=1S/C20H25NO5/c1-13(16-6-5-9-26-16)21(15-7-8-15)19(22)12-14-10-17(23-2)20(25-4)18(11-14)24-3/h5-6,9-11,13,15H,7-8,12H2,1-4H3/t13-/m0/s1. The third-order valence-corrected chi connectivity index (χ3v) is 4.68. The number of nitrogens with zero attached hydrogens (tertiary/aromatic N) is 1. The number of ether oxygens (including phenoxy) is 3. The summed E-state index contributed by atoms with van der Waals surface area (Å²) in [5.74, 6) is 2.48. The first-order valence-electron chi connectivity index (χ1n) is 8.72. The van der Waals surface area contributed by atoms with E-state index in [-0.39, 0.29) is 24.4 Å². The highest BCUT2D eigenvalue weighted by Gasteiger charge is 2.37. The van der Waals surface area contributed by atoms with Gasteiger partial charge < -0.3 is 23.5 Å². The van der Waals surface area contributed by atoms with E-state index in [0.29, 0.717) is 17.2 Å². The molecule has 1 saturated carbocycles. The molecule has 0 bridgehead atoms. The van der Waals surface area contributed by atoms with E-state index < -0.39 is 0 Å². The smallest absolute Gasteiger partial charge is 0.227 e. The van der Waals surface area contributed by atoms with Gasteiger partial charge in [-0.05, 0) is 49.6 Å². The highest BCUT2D eigenvalue weighted by molar-refractivity contribution is 5.80. The molecule has 1 amide bonds. The summed E-state index contributed by atoms with van der Waals surface area (Å²) in [6.45, 7) is 2.00. The monoisotopic (exact) mass is 359 g/mol. The number of methoxy groups -OCH3 is 3. The second-order valence-corrected chi connectivity index (χ2v) is 6.43. The highest BCUT2D eigenvalue weighted by atomic mass is 16.5. The molecule has 1 aliphatic carbocycles. The van der Waals surface area contributed by atoms with Crippen molar-refractivity contribution < 1.29 is 23.4 Å². The summed E-state index contributed by atoms with van der Waals surface area (Å²) in [5, 5.41) is 0. The van der Waals surface area contributed by atoms with Gasteiger partial charge in [0.15, 0.2) is 11.5 Å². The van der Waals surface area contributed by atoms with Crippen LogP contribution < -0.4 is 14.2 Å². The SMILES string of the molecule is COc1cc(CC(=O)N(C2CC2)[C@@H](C)c2ccco2)cc(OC)c1OC. The minimum atomic E-state index is -0.0907. The molecule has 0 radical (unpaired) electrons. The molecule has 6 nitrogen and oxygen atoms in total. The first kappa shape index (κ1) is 18.2. The number of hydrogen-bond donors (Lipinski definition) is 0. The van der Waals surface area contributed by atoms with Crippen LogP contribution >= 0.6 is 0 Å². The molecule has 1 heterocycles. The normalized spacial score (nSPS) is 14.6. The summed E-state index contributed by atoms with van der Waals surface area (Å²) in [4.78, 5) is 15.0. The summed E-state index contributed by atoms with van der Waals surface area (Å²) >= 11 is 0. The Hall–Kier alpha value is -2.63. The summed E-state index contributed by atoms with van der Waals surface area (Å²) in [6, 6.07) is 7.59. The van der Waals surface area contributed by atoms with E-state index in [1.165, 1.54) is 0 Å². The minimum Gasteiger partial charge on any atom is -0.493 e. The summed E-state index contributed by atoms with van der Waals surface area (Å²) in [5.41, 5.74) is 0.821. The predicted molar refractivity (Wildman–Crippen MR) is 96.8 cm³/mol. The molecule has 6 heteroatoms. The fourth-order valence-corrected chi connectivity index (χ4v) is 3.26. The van der Waals surface area contributed by atoms with E-state index in [1.807, 2.05) is 36.1 Å². The molecule has 1 aromatic heterocycles. The molecule has 0 unspecified atom stereocenters. The Kier molecular flexibility index (Phi) is 5.40. The average Bonchev–Trinajstić information content (AvgIpc) is 3.31. The van der Waals surface area contributed by atoms with Crippen molar-refractivity contribution in [3.63, 3.8) is 0 Å². The van der Waals surface area contributed by atoms with Gasteiger partial charge in [-0.3, -0.25) is 4.79 Å². The molecule has 2 aromatic rings. The van der Waals surface area contributed by atoms with Crippen molar-refractivity contribution in [2.75, 3.05) is 21.3 Å². The van der Waals surface area contributed by atoms with Crippen LogP contribution in [0.25, 0.3) is 0 Å². The summed E-state index contributed by atoms with van der Waals surface area (Å²) in [7, 11) is 4.70. The van der Waals surface area contributed by atoms with Gasteiger partial charge in [-0.1, -0.05) is 0 Å². The Morgan fingerprint density at radius 1 is 1.19 bits per heavy atom. The van der Waals surface area contributed by atoms with Crippen molar-refractivity contribution in [3.8, 4) is 17.2 Å². The molecule has 0 spiro atoms. The van der Waals surface area contributed by atoms with E-state index in [4.69, 9.17) is 18.6 Å². The van der Waals surface area contributed by atoms with Crippen LogP contribution in [0.3, 0.4) is 0 Å². The maximum atomic E-state index is 13.1. The Labute approximate surface area is 153 Å². The highest BCUT2D eigenvalue weighted by Crippen LogP contribution is 2.39.